The van der Waals surface area contributed by atoms with Crippen LogP contribution in [0, 0.1) is 0 Å². The largest absolute Gasteiger partial charge is 0.489 e. The minimum Gasteiger partial charge on any atom is -0.489 e. The molecule has 0 saturated carbocycles. The molecule has 0 unspecified atom stereocenters. The van der Waals surface area contributed by atoms with Crippen LogP contribution in [0.1, 0.15) is 45.4 Å². The molecule has 0 aliphatic carbocycles. The molecule has 0 bridgehead atoms. The molecule has 168 valence electrons. The van der Waals surface area contributed by atoms with E-state index >= 15 is 0 Å². The molecule has 0 N–H and O–H groups in total. The highest BCUT2D eigenvalue weighted by molar-refractivity contribution is 5.92. The molecule has 6 nitrogen and oxygen atoms in total. The molecule has 0 fully saturated rings. The van der Waals surface area contributed by atoms with E-state index in [-0.39, 0.29) is 12.1 Å². The van der Waals surface area contributed by atoms with Gasteiger partial charge in [-0.15, -0.1) is 0 Å². The van der Waals surface area contributed by atoms with Gasteiger partial charge in [0.15, 0.2) is 0 Å². The third-order valence-electron chi connectivity index (χ3n) is 6.91. The molecule has 1 aromatic heterocycles. The number of cyclic esters (lactones) is 1. The zero-order valence-electron chi connectivity index (χ0n) is 18.8. The van der Waals surface area contributed by atoms with E-state index in [0.29, 0.717) is 12.2 Å². The Morgan fingerprint density at radius 2 is 2.00 bits per heavy atom. The van der Waals surface area contributed by atoms with Crippen molar-refractivity contribution in [2.24, 2.45) is 0 Å². The lowest BCUT2D eigenvalue weighted by Crippen LogP contribution is -2.35. The van der Waals surface area contributed by atoms with Crippen molar-refractivity contribution in [1.82, 2.24) is 14.5 Å². The molecule has 0 spiro atoms. The lowest BCUT2D eigenvalue weighted by Gasteiger charge is -2.27. The predicted octanol–water partition coefficient (Wildman–Crippen LogP) is 4.21. The number of hydrogen-bond acceptors (Lipinski definition) is 5. The third kappa shape index (κ3) is 3.74. The number of benzene rings is 2. The second kappa shape index (κ2) is 7.89. The summed E-state index contributed by atoms with van der Waals surface area (Å²) >= 11 is 0. The third-order valence-corrected chi connectivity index (χ3v) is 6.91. The molecule has 6 heteroatoms. The summed E-state index contributed by atoms with van der Waals surface area (Å²) in [5, 5.41) is 0. The highest BCUT2D eigenvalue weighted by Gasteiger charge is 2.24. The monoisotopic (exact) mass is 441 g/mol. The van der Waals surface area contributed by atoms with Gasteiger partial charge in [-0.3, -0.25) is 4.90 Å². The summed E-state index contributed by atoms with van der Waals surface area (Å²) in [7, 11) is 0. The maximum Gasteiger partial charge on any atom is 0.338 e. The van der Waals surface area contributed by atoms with Crippen LogP contribution in [-0.4, -0.2) is 39.6 Å². The molecule has 0 amide bonds. The van der Waals surface area contributed by atoms with Crippen molar-refractivity contribution in [3.05, 3.63) is 82.8 Å². The summed E-state index contributed by atoms with van der Waals surface area (Å²) < 4.78 is 13.2. The van der Waals surface area contributed by atoms with E-state index in [2.05, 4.69) is 52.6 Å². The van der Waals surface area contributed by atoms with Crippen molar-refractivity contribution in [3.63, 3.8) is 0 Å². The van der Waals surface area contributed by atoms with Gasteiger partial charge in [-0.05, 0) is 36.6 Å². The number of carbonyl (C=O) groups excluding carboxylic acids is 1. The number of aromatic nitrogens is 2. The van der Waals surface area contributed by atoms with Gasteiger partial charge in [0.2, 0.25) is 0 Å². The second-order valence-corrected chi connectivity index (χ2v) is 9.26. The first-order chi connectivity index (χ1) is 16.0. The van der Waals surface area contributed by atoms with Gasteiger partial charge in [-0.25, -0.2) is 9.78 Å². The Labute approximate surface area is 193 Å². The van der Waals surface area contributed by atoms with E-state index in [0.717, 1.165) is 73.0 Å². The maximum atomic E-state index is 12.1. The first kappa shape index (κ1) is 20.2. The minimum atomic E-state index is -0.199. The highest BCUT2D eigenvalue weighted by atomic mass is 16.5. The molecule has 1 atom stereocenters. The lowest BCUT2D eigenvalue weighted by atomic mass is 9.96. The van der Waals surface area contributed by atoms with Gasteiger partial charge < -0.3 is 14.0 Å². The van der Waals surface area contributed by atoms with E-state index in [4.69, 9.17) is 14.5 Å². The zero-order chi connectivity index (χ0) is 22.5. The van der Waals surface area contributed by atoms with Gasteiger partial charge >= 0.3 is 5.97 Å². The van der Waals surface area contributed by atoms with Gasteiger partial charge in [0.1, 0.15) is 24.3 Å². The van der Waals surface area contributed by atoms with Crippen LogP contribution in [0.5, 0.6) is 0 Å². The topological polar surface area (TPSA) is 56.6 Å². The molecule has 2 aromatic carbocycles. The number of hydrogen-bond donors (Lipinski definition) is 0. The van der Waals surface area contributed by atoms with Gasteiger partial charge in [-0.1, -0.05) is 30.8 Å². The van der Waals surface area contributed by atoms with Crippen LogP contribution >= 0.6 is 0 Å². The van der Waals surface area contributed by atoms with Crippen LogP contribution in [0.4, 0.5) is 0 Å². The van der Waals surface area contributed by atoms with E-state index in [1.165, 1.54) is 11.1 Å². The Kier molecular flexibility index (Phi) is 4.84. The quantitative estimate of drug-likeness (QED) is 0.568. The fourth-order valence-corrected chi connectivity index (χ4v) is 5.07. The molecule has 0 radical (unpaired) electrons. The first-order valence-electron chi connectivity index (χ1n) is 11.6. The number of rotatable bonds is 4. The van der Waals surface area contributed by atoms with Crippen LogP contribution in [0.25, 0.3) is 17.0 Å². The van der Waals surface area contributed by atoms with Crippen molar-refractivity contribution in [2.45, 2.75) is 45.6 Å². The molecule has 4 heterocycles. The van der Waals surface area contributed by atoms with Crippen LogP contribution in [0.2, 0.25) is 0 Å². The zero-order valence-corrected chi connectivity index (χ0v) is 18.8. The minimum absolute atomic E-state index is 0.0487. The summed E-state index contributed by atoms with van der Waals surface area (Å²) in [5.41, 5.74) is 7.52. The summed E-state index contributed by atoms with van der Waals surface area (Å²) in [5.74, 6) is 1.67. The van der Waals surface area contributed by atoms with E-state index in [9.17, 15) is 4.79 Å². The van der Waals surface area contributed by atoms with Crippen molar-refractivity contribution in [2.75, 3.05) is 13.1 Å². The highest BCUT2D eigenvalue weighted by Crippen LogP contribution is 2.32. The molecule has 3 aromatic rings. The Balaban J connectivity index is 1.13. The molecule has 3 aliphatic rings. The SMILES string of the molecule is C=C1OCc2cc(-c3cn4c(n3)CN(CCc3ccc5c(c3)C[C@H](C)OC5=O)CC4)ccc21. The molecule has 0 saturated heterocycles. The molecule has 33 heavy (non-hydrogen) atoms. The number of fused-ring (bicyclic) bond motifs is 3. The van der Waals surface area contributed by atoms with Gasteiger partial charge in [0, 0.05) is 48.9 Å². The average molecular weight is 442 g/mol. The summed E-state index contributed by atoms with van der Waals surface area (Å²) in [6.07, 6.45) is 3.87. The summed E-state index contributed by atoms with van der Waals surface area (Å²) in [4.78, 5) is 19.5. The van der Waals surface area contributed by atoms with E-state index in [1.54, 1.807) is 0 Å². The van der Waals surface area contributed by atoms with Gasteiger partial charge in [-0.2, -0.15) is 0 Å². The van der Waals surface area contributed by atoms with Crippen molar-refractivity contribution >= 4 is 11.7 Å². The fraction of sp³-hybridized carbons (Fsp3) is 0.333. The standard InChI is InChI=1S/C27H27N3O3/c1-17-11-21-12-19(3-5-24(21)27(31)33-17)7-8-29-9-10-30-14-25(28-26(30)15-29)20-4-6-23-18(2)32-16-22(23)13-20/h3-6,12-14,17H,2,7-11,15-16H2,1H3/t17-/m0/s1. The van der Waals surface area contributed by atoms with Gasteiger partial charge in [0.25, 0.3) is 0 Å². The Morgan fingerprint density at radius 1 is 1.12 bits per heavy atom. The normalized spacial score (nSPS) is 19.5. The second-order valence-electron chi connectivity index (χ2n) is 9.26. The number of ether oxygens (including phenoxy) is 2. The molecular weight excluding hydrogens is 414 g/mol. The Morgan fingerprint density at radius 3 is 2.91 bits per heavy atom. The molecule has 6 rings (SSSR count). The smallest absolute Gasteiger partial charge is 0.338 e. The number of imidazole rings is 1. The maximum absolute atomic E-state index is 12.1. The molecule has 3 aliphatic heterocycles. The van der Waals surface area contributed by atoms with Crippen LogP contribution in [0.15, 0.2) is 49.2 Å². The predicted molar refractivity (Wildman–Crippen MR) is 125 cm³/mol. The van der Waals surface area contributed by atoms with Crippen molar-refractivity contribution < 1.29 is 14.3 Å². The van der Waals surface area contributed by atoms with Crippen LogP contribution in [0.3, 0.4) is 0 Å². The van der Waals surface area contributed by atoms with E-state index in [1.807, 2.05) is 13.0 Å². The van der Waals surface area contributed by atoms with Crippen LogP contribution in [-0.2, 0) is 42.0 Å². The number of carbonyl (C=O) groups is 1. The Hall–Kier alpha value is -3.38. The van der Waals surface area contributed by atoms with Crippen molar-refractivity contribution in [1.29, 1.82) is 0 Å². The van der Waals surface area contributed by atoms with Crippen molar-refractivity contribution in [3.8, 4) is 11.3 Å². The van der Waals surface area contributed by atoms with Crippen LogP contribution < -0.4 is 0 Å². The Bertz CT molecular complexity index is 1280. The summed E-state index contributed by atoms with van der Waals surface area (Å²) in [6, 6.07) is 12.5. The summed E-state index contributed by atoms with van der Waals surface area (Å²) in [6.45, 7) is 10.3. The van der Waals surface area contributed by atoms with Gasteiger partial charge in [0.05, 0.1) is 17.8 Å². The number of esters is 1. The first-order valence-corrected chi connectivity index (χ1v) is 11.6. The lowest BCUT2D eigenvalue weighted by molar-refractivity contribution is 0.0301. The average Bonchev–Trinajstić information content (AvgIpc) is 3.40. The fourth-order valence-electron chi connectivity index (χ4n) is 5.07. The molecular formula is C27H27N3O3. The number of nitrogens with zero attached hydrogens (tertiary/aromatic N) is 3. The van der Waals surface area contributed by atoms with E-state index < -0.39 is 0 Å².